The summed E-state index contributed by atoms with van der Waals surface area (Å²) in [5.74, 6) is -1.39. The Labute approximate surface area is 140 Å². The van der Waals surface area contributed by atoms with Crippen LogP contribution in [0.15, 0.2) is 36.5 Å². The van der Waals surface area contributed by atoms with Crippen LogP contribution >= 0.6 is 23.2 Å². The highest BCUT2D eigenvalue weighted by Gasteiger charge is 2.59. The highest BCUT2D eigenvalue weighted by atomic mass is 35.5. The molecule has 0 fully saturated rings. The molecular weight excluding hydrogens is 352 g/mol. The summed E-state index contributed by atoms with van der Waals surface area (Å²) in [6.45, 7) is 1.24. The standard InChI is InChI=1S/C15H13Cl2F3N2O/c1-8(11-3-2-10(21)7-12(11)16)14(23,15(18,19)20)9-4-5-22-13(17)6-9/h2-8,23H,21H2,1H3. The molecule has 8 heteroatoms. The van der Waals surface area contributed by atoms with E-state index in [0.29, 0.717) is 5.69 Å². The van der Waals surface area contributed by atoms with Crippen molar-refractivity contribution in [3.05, 3.63) is 57.8 Å². The molecule has 2 unspecified atom stereocenters. The second-order valence-electron chi connectivity index (χ2n) is 5.13. The fraction of sp³-hybridized carbons (Fsp3) is 0.267. The van der Waals surface area contributed by atoms with Gasteiger partial charge in [-0.1, -0.05) is 36.2 Å². The molecule has 0 saturated heterocycles. The van der Waals surface area contributed by atoms with Gasteiger partial charge in [0.2, 0.25) is 0 Å². The molecule has 1 aromatic heterocycles. The lowest BCUT2D eigenvalue weighted by atomic mass is 9.78. The molecule has 23 heavy (non-hydrogen) atoms. The summed E-state index contributed by atoms with van der Waals surface area (Å²) < 4.78 is 41.1. The molecule has 0 bridgehead atoms. The first-order valence-corrected chi connectivity index (χ1v) is 7.29. The lowest BCUT2D eigenvalue weighted by Crippen LogP contribution is -2.46. The molecular formula is C15H13Cl2F3N2O. The SMILES string of the molecule is CC(c1ccc(N)cc1Cl)C(O)(c1ccnc(Cl)c1)C(F)(F)F. The Morgan fingerprint density at radius 1 is 1.17 bits per heavy atom. The summed E-state index contributed by atoms with van der Waals surface area (Å²) in [6.07, 6.45) is -3.85. The van der Waals surface area contributed by atoms with Crippen molar-refractivity contribution in [2.45, 2.75) is 24.6 Å². The average Bonchev–Trinajstić information content (AvgIpc) is 2.44. The smallest absolute Gasteiger partial charge is 0.399 e. The number of aliphatic hydroxyl groups is 1. The minimum Gasteiger partial charge on any atom is -0.399 e. The van der Waals surface area contributed by atoms with Crippen molar-refractivity contribution in [1.29, 1.82) is 0 Å². The van der Waals surface area contributed by atoms with Crippen molar-refractivity contribution in [3.8, 4) is 0 Å². The number of anilines is 1. The predicted octanol–water partition coefficient (Wildman–Crippen LogP) is 4.52. The van der Waals surface area contributed by atoms with Crippen molar-refractivity contribution in [3.63, 3.8) is 0 Å². The lowest BCUT2D eigenvalue weighted by molar-refractivity contribution is -0.274. The van der Waals surface area contributed by atoms with Crippen LogP contribution < -0.4 is 5.73 Å². The minimum absolute atomic E-state index is 0.0420. The van der Waals surface area contributed by atoms with Crippen LogP contribution in [0, 0.1) is 0 Å². The van der Waals surface area contributed by atoms with Gasteiger partial charge in [-0.25, -0.2) is 4.98 Å². The van der Waals surface area contributed by atoms with Gasteiger partial charge in [0.1, 0.15) is 5.15 Å². The molecule has 0 saturated carbocycles. The van der Waals surface area contributed by atoms with Gasteiger partial charge in [-0.2, -0.15) is 13.2 Å². The van der Waals surface area contributed by atoms with Crippen molar-refractivity contribution < 1.29 is 18.3 Å². The Bertz CT molecular complexity index is 724. The highest BCUT2D eigenvalue weighted by molar-refractivity contribution is 6.31. The third kappa shape index (κ3) is 3.24. The Morgan fingerprint density at radius 3 is 2.35 bits per heavy atom. The topological polar surface area (TPSA) is 59.1 Å². The van der Waals surface area contributed by atoms with E-state index in [0.717, 1.165) is 18.3 Å². The fourth-order valence-corrected chi connectivity index (χ4v) is 2.94. The number of pyridine rings is 1. The summed E-state index contributed by atoms with van der Waals surface area (Å²) in [6, 6.07) is 6.18. The van der Waals surface area contributed by atoms with Gasteiger partial charge in [0.25, 0.3) is 0 Å². The molecule has 0 aliphatic carbocycles. The van der Waals surface area contributed by atoms with Crippen LogP contribution in [-0.4, -0.2) is 16.3 Å². The van der Waals surface area contributed by atoms with E-state index in [4.69, 9.17) is 28.9 Å². The molecule has 0 radical (unpaired) electrons. The van der Waals surface area contributed by atoms with Crippen LogP contribution in [0.4, 0.5) is 18.9 Å². The number of alkyl halides is 3. The van der Waals surface area contributed by atoms with Gasteiger partial charge in [-0.05, 0) is 35.4 Å². The van der Waals surface area contributed by atoms with Crippen LogP contribution in [0.2, 0.25) is 10.2 Å². The van der Waals surface area contributed by atoms with Crippen molar-refractivity contribution in [1.82, 2.24) is 4.98 Å². The summed E-state index contributed by atoms with van der Waals surface area (Å²) in [7, 11) is 0. The summed E-state index contributed by atoms with van der Waals surface area (Å²) in [5.41, 5.74) is 2.40. The van der Waals surface area contributed by atoms with E-state index in [-0.39, 0.29) is 15.7 Å². The fourth-order valence-electron chi connectivity index (χ4n) is 2.42. The zero-order valence-corrected chi connectivity index (χ0v) is 13.4. The van der Waals surface area contributed by atoms with Gasteiger partial charge in [0, 0.05) is 22.8 Å². The monoisotopic (exact) mass is 364 g/mol. The normalized spacial score (nSPS) is 16.0. The largest absolute Gasteiger partial charge is 0.422 e. The lowest BCUT2D eigenvalue weighted by Gasteiger charge is -2.37. The number of rotatable bonds is 3. The maximum absolute atomic E-state index is 13.7. The maximum atomic E-state index is 13.7. The number of nitrogen functional groups attached to an aromatic ring is 1. The third-order valence-electron chi connectivity index (χ3n) is 3.72. The number of aromatic nitrogens is 1. The van der Waals surface area contributed by atoms with E-state index < -0.39 is 23.3 Å². The average molecular weight is 365 g/mol. The number of halogens is 5. The minimum atomic E-state index is -4.96. The zero-order chi connectivity index (χ0) is 17.4. The van der Waals surface area contributed by atoms with E-state index in [9.17, 15) is 18.3 Å². The number of hydrogen-bond donors (Lipinski definition) is 2. The van der Waals surface area contributed by atoms with Crippen LogP contribution in [0.25, 0.3) is 0 Å². The second-order valence-corrected chi connectivity index (χ2v) is 5.93. The van der Waals surface area contributed by atoms with Crippen molar-refractivity contribution >= 4 is 28.9 Å². The Balaban J connectivity index is 2.63. The van der Waals surface area contributed by atoms with Gasteiger partial charge in [-0.15, -0.1) is 0 Å². The quantitative estimate of drug-likeness (QED) is 0.621. The van der Waals surface area contributed by atoms with Gasteiger partial charge in [0.05, 0.1) is 0 Å². The molecule has 0 amide bonds. The summed E-state index contributed by atoms with van der Waals surface area (Å²) in [5, 5.41) is 10.4. The number of nitrogens with zero attached hydrogens (tertiary/aromatic N) is 1. The van der Waals surface area contributed by atoms with Crippen LogP contribution in [0.5, 0.6) is 0 Å². The molecule has 1 aromatic carbocycles. The molecule has 3 nitrogen and oxygen atoms in total. The van der Waals surface area contributed by atoms with Crippen molar-refractivity contribution in [2.75, 3.05) is 5.73 Å². The zero-order valence-electron chi connectivity index (χ0n) is 11.9. The van der Waals surface area contributed by atoms with Gasteiger partial charge in [0.15, 0.2) is 5.60 Å². The molecule has 2 rings (SSSR count). The van der Waals surface area contributed by atoms with Crippen LogP contribution in [0.1, 0.15) is 24.0 Å². The first kappa shape index (κ1) is 17.8. The molecule has 2 atom stereocenters. The van der Waals surface area contributed by atoms with Crippen molar-refractivity contribution in [2.24, 2.45) is 0 Å². The molecule has 3 N–H and O–H groups in total. The van der Waals surface area contributed by atoms with E-state index in [2.05, 4.69) is 4.98 Å². The molecule has 0 aliphatic heterocycles. The van der Waals surface area contributed by atoms with Gasteiger partial charge in [-0.3, -0.25) is 0 Å². The predicted molar refractivity (Wildman–Crippen MR) is 83.5 cm³/mol. The van der Waals surface area contributed by atoms with E-state index in [1.807, 2.05) is 0 Å². The molecule has 0 spiro atoms. The summed E-state index contributed by atoms with van der Waals surface area (Å²) in [4.78, 5) is 3.64. The van der Waals surface area contributed by atoms with Crippen LogP contribution in [0.3, 0.4) is 0 Å². The van der Waals surface area contributed by atoms with E-state index in [1.54, 1.807) is 0 Å². The Morgan fingerprint density at radius 2 is 1.83 bits per heavy atom. The number of hydrogen-bond acceptors (Lipinski definition) is 3. The number of benzene rings is 1. The summed E-state index contributed by atoms with van der Waals surface area (Å²) >= 11 is 11.7. The Hall–Kier alpha value is -1.50. The number of nitrogens with two attached hydrogens (primary N) is 1. The molecule has 0 aliphatic rings. The molecule has 2 aromatic rings. The van der Waals surface area contributed by atoms with E-state index in [1.165, 1.54) is 25.1 Å². The molecule has 124 valence electrons. The Kier molecular flexibility index (Phi) is 4.80. The van der Waals surface area contributed by atoms with Crippen LogP contribution in [-0.2, 0) is 5.60 Å². The van der Waals surface area contributed by atoms with E-state index >= 15 is 0 Å². The first-order chi connectivity index (χ1) is 10.6. The third-order valence-corrected chi connectivity index (χ3v) is 4.25. The highest BCUT2D eigenvalue weighted by Crippen LogP contribution is 2.49. The maximum Gasteiger partial charge on any atom is 0.422 e. The van der Waals surface area contributed by atoms with Gasteiger partial charge >= 0.3 is 6.18 Å². The first-order valence-electron chi connectivity index (χ1n) is 6.53. The molecule has 1 heterocycles. The van der Waals surface area contributed by atoms with Gasteiger partial charge < -0.3 is 10.8 Å². The second kappa shape index (κ2) is 6.19.